The molecule has 1 amide bonds. The molecular formula is C14H20BrNOS. The van der Waals surface area contributed by atoms with E-state index in [0.29, 0.717) is 5.92 Å². The number of hydrogen-bond donors (Lipinski definition) is 1. The molecule has 0 aromatic carbocycles. The van der Waals surface area contributed by atoms with Crippen molar-refractivity contribution in [3.8, 4) is 0 Å². The van der Waals surface area contributed by atoms with Gasteiger partial charge in [0.15, 0.2) is 0 Å². The van der Waals surface area contributed by atoms with E-state index in [1.807, 2.05) is 0 Å². The van der Waals surface area contributed by atoms with Crippen molar-refractivity contribution in [2.75, 3.05) is 11.9 Å². The number of carbonyl (C=O) groups excluding carboxylic acids is 1. The van der Waals surface area contributed by atoms with Crippen LogP contribution in [0.2, 0.25) is 0 Å². The summed E-state index contributed by atoms with van der Waals surface area (Å²) in [5.41, 5.74) is 1.41. The smallest absolute Gasteiger partial charge is 0.261 e. The summed E-state index contributed by atoms with van der Waals surface area (Å²) in [6, 6.07) is 2.10. The van der Waals surface area contributed by atoms with Gasteiger partial charge < -0.3 is 5.32 Å². The SMILES string of the molecule is CC(CCBr)CNC(=O)c1cc2c(s1)CCCC2. The van der Waals surface area contributed by atoms with Crippen LogP contribution in [0.15, 0.2) is 6.07 Å². The molecule has 0 saturated carbocycles. The van der Waals surface area contributed by atoms with Crippen molar-refractivity contribution in [1.29, 1.82) is 0 Å². The quantitative estimate of drug-likeness (QED) is 0.818. The van der Waals surface area contributed by atoms with E-state index in [0.717, 1.165) is 36.0 Å². The summed E-state index contributed by atoms with van der Waals surface area (Å²) < 4.78 is 0. The maximum Gasteiger partial charge on any atom is 0.261 e. The van der Waals surface area contributed by atoms with Gasteiger partial charge in [-0.1, -0.05) is 22.9 Å². The molecule has 1 aromatic rings. The first kappa shape index (κ1) is 14.1. The third-order valence-electron chi connectivity index (χ3n) is 3.43. The lowest BCUT2D eigenvalue weighted by molar-refractivity contribution is 0.0952. The molecule has 1 atom stereocenters. The minimum atomic E-state index is 0.107. The van der Waals surface area contributed by atoms with Crippen LogP contribution in [0, 0.1) is 5.92 Å². The van der Waals surface area contributed by atoms with Crippen molar-refractivity contribution in [2.24, 2.45) is 5.92 Å². The first-order valence-corrected chi connectivity index (χ1v) is 8.60. The Morgan fingerprint density at radius 1 is 1.50 bits per heavy atom. The van der Waals surface area contributed by atoms with Gasteiger partial charge in [-0.25, -0.2) is 0 Å². The number of halogens is 1. The topological polar surface area (TPSA) is 29.1 Å². The van der Waals surface area contributed by atoms with Crippen LogP contribution >= 0.6 is 27.3 Å². The minimum absolute atomic E-state index is 0.107. The summed E-state index contributed by atoms with van der Waals surface area (Å²) >= 11 is 5.12. The monoisotopic (exact) mass is 329 g/mol. The molecular weight excluding hydrogens is 310 g/mol. The average molecular weight is 330 g/mol. The summed E-state index contributed by atoms with van der Waals surface area (Å²) in [6.07, 6.45) is 5.96. The zero-order valence-electron chi connectivity index (χ0n) is 10.8. The normalized spacial score (nSPS) is 16.1. The largest absolute Gasteiger partial charge is 0.351 e. The van der Waals surface area contributed by atoms with Gasteiger partial charge in [-0.3, -0.25) is 4.79 Å². The second kappa shape index (κ2) is 6.71. The van der Waals surface area contributed by atoms with E-state index >= 15 is 0 Å². The van der Waals surface area contributed by atoms with Crippen molar-refractivity contribution >= 4 is 33.2 Å². The van der Waals surface area contributed by atoms with Gasteiger partial charge in [-0.2, -0.15) is 0 Å². The van der Waals surface area contributed by atoms with Gasteiger partial charge in [0.1, 0.15) is 0 Å². The van der Waals surface area contributed by atoms with Crippen LogP contribution in [0.4, 0.5) is 0 Å². The van der Waals surface area contributed by atoms with E-state index in [4.69, 9.17) is 0 Å². The van der Waals surface area contributed by atoms with E-state index < -0.39 is 0 Å². The summed E-state index contributed by atoms with van der Waals surface area (Å²) in [7, 11) is 0. The van der Waals surface area contributed by atoms with E-state index in [2.05, 4.69) is 34.2 Å². The van der Waals surface area contributed by atoms with Gasteiger partial charge in [-0.05, 0) is 49.7 Å². The fourth-order valence-electron chi connectivity index (χ4n) is 2.24. The molecule has 0 aliphatic heterocycles. The van der Waals surface area contributed by atoms with Crippen LogP contribution < -0.4 is 5.32 Å². The predicted molar refractivity (Wildman–Crippen MR) is 80.9 cm³/mol. The second-order valence-electron chi connectivity index (χ2n) is 5.06. The van der Waals surface area contributed by atoms with Gasteiger partial charge in [0.25, 0.3) is 5.91 Å². The van der Waals surface area contributed by atoms with Gasteiger partial charge in [-0.15, -0.1) is 11.3 Å². The highest BCUT2D eigenvalue weighted by Crippen LogP contribution is 2.29. The molecule has 2 nitrogen and oxygen atoms in total. The van der Waals surface area contributed by atoms with Crippen LogP contribution in [0.3, 0.4) is 0 Å². The Hall–Kier alpha value is -0.350. The third-order valence-corrected chi connectivity index (χ3v) is 5.13. The number of fused-ring (bicyclic) bond motifs is 1. The second-order valence-corrected chi connectivity index (χ2v) is 6.99. The zero-order valence-corrected chi connectivity index (χ0v) is 13.2. The van der Waals surface area contributed by atoms with E-state index in [9.17, 15) is 4.79 Å². The molecule has 0 bridgehead atoms. The molecule has 4 heteroatoms. The summed E-state index contributed by atoms with van der Waals surface area (Å²) in [5, 5.41) is 4.04. The Balaban J connectivity index is 1.90. The number of rotatable bonds is 5. The maximum atomic E-state index is 12.1. The fraction of sp³-hybridized carbons (Fsp3) is 0.643. The van der Waals surface area contributed by atoms with Crippen molar-refractivity contribution in [3.63, 3.8) is 0 Å². The third kappa shape index (κ3) is 3.58. The molecule has 0 radical (unpaired) electrons. The molecule has 0 saturated heterocycles. The highest BCUT2D eigenvalue weighted by atomic mass is 79.9. The van der Waals surface area contributed by atoms with E-state index in [1.165, 1.54) is 23.3 Å². The van der Waals surface area contributed by atoms with Crippen LogP contribution in [0.1, 0.15) is 46.3 Å². The number of hydrogen-bond acceptors (Lipinski definition) is 2. The fourth-order valence-corrected chi connectivity index (χ4v) is 4.20. The van der Waals surface area contributed by atoms with Gasteiger partial charge in [0.05, 0.1) is 4.88 Å². The predicted octanol–water partition coefficient (Wildman–Crippen LogP) is 3.78. The highest BCUT2D eigenvalue weighted by Gasteiger charge is 2.17. The summed E-state index contributed by atoms with van der Waals surface area (Å²) in [5.74, 6) is 0.638. The Morgan fingerprint density at radius 3 is 3.00 bits per heavy atom. The first-order chi connectivity index (χ1) is 8.70. The number of carbonyl (C=O) groups is 1. The molecule has 1 unspecified atom stereocenters. The number of alkyl halides is 1. The Kier molecular flexibility index (Phi) is 5.25. The Labute approximate surface area is 121 Å². The summed E-state index contributed by atoms with van der Waals surface area (Å²) in [4.78, 5) is 14.4. The highest BCUT2D eigenvalue weighted by molar-refractivity contribution is 9.09. The summed E-state index contributed by atoms with van der Waals surface area (Å²) in [6.45, 7) is 2.94. The van der Waals surface area contributed by atoms with Crippen LogP contribution in [0.5, 0.6) is 0 Å². The Bertz CT molecular complexity index is 392. The lowest BCUT2D eigenvalue weighted by Crippen LogP contribution is -2.27. The molecule has 18 heavy (non-hydrogen) atoms. The van der Waals surface area contributed by atoms with Gasteiger partial charge in [0, 0.05) is 16.8 Å². The molecule has 1 N–H and O–H groups in total. The molecule has 0 fully saturated rings. The molecule has 1 heterocycles. The zero-order chi connectivity index (χ0) is 13.0. The lowest BCUT2D eigenvalue weighted by atomic mass is 9.99. The minimum Gasteiger partial charge on any atom is -0.351 e. The van der Waals surface area contributed by atoms with E-state index in [-0.39, 0.29) is 5.91 Å². The number of thiophene rings is 1. The number of amides is 1. The molecule has 1 aromatic heterocycles. The average Bonchev–Trinajstić information content (AvgIpc) is 2.80. The molecule has 100 valence electrons. The first-order valence-electron chi connectivity index (χ1n) is 6.66. The standard InChI is InChI=1S/C14H20BrNOS/c1-10(6-7-15)9-16-14(17)13-8-11-4-2-3-5-12(11)18-13/h8,10H,2-7,9H2,1H3,(H,16,17). The van der Waals surface area contributed by atoms with Crippen molar-refractivity contribution in [2.45, 2.75) is 39.0 Å². The number of aryl methyl sites for hydroxylation is 2. The Morgan fingerprint density at radius 2 is 2.28 bits per heavy atom. The van der Waals surface area contributed by atoms with Crippen molar-refractivity contribution in [3.05, 3.63) is 21.4 Å². The van der Waals surface area contributed by atoms with Gasteiger partial charge in [0.2, 0.25) is 0 Å². The maximum absolute atomic E-state index is 12.1. The van der Waals surface area contributed by atoms with Crippen molar-refractivity contribution in [1.82, 2.24) is 5.32 Å². The van der Waals surface area contributed by atoms with Crippen LogP contribution in [-0.4, -0.2) is 17.8 Å². The lowest BCUT2D eigenvalue weighted by Gasteiger charge is -2.10. The number of nitrogens with one attached hydrogen (secondary N) is 1. The van der Waals surface area contributed by atoms with Crippen LogP contribution in [-0.2, 0) is 12.8 Å². The van der Waals surface area contributed by atoms with Crippen LogP contribution in [0.25, 0.3) is 0 Å². The van der Waals surface area contributed by atoms with Crippen molar-refractivity contribution < 1.29 is 4.79 Å². The molecule has 1 aliphatic rings. The molecule has 2 rings (SSSR count). The van der Waals surface area contributed by atoms with E-state index in [1.54, 1.807) is 11.3 Å². The van der Waals surface area contributed by atoms with Gasteiger partial charge >= 0.3 is 0 Å². The molecule has 0 spiro atoms. The molecule has 1 aliphatic carbocycles.